The predicted octanol–water partition coefficient (Wildman–Crippen LogP) is 2.53. The van der Waals surface area contributed by atoms with Crippen molar-refractivity contribution in [3.05, 3.63) is 70.2 Å². The second-order valence-electron chi connectivity index (χ2n) is 6.47. The van der Waals surface area contributed by atoms with Gasteiger partial charge in [-0.25, -0.2) is 4.79 Å². The molecular formula is C20H22ClN3O4. The molecule has 8 heteroatoms. The monoisotopic (exact) mass is 403 g/mol. The molecule has 0 spiro atoms. The summed E-state index contributed by atoms with van der Waals surface area (Å²) in [6.45, 7) is 1.54. The van der Waals surface area contributed by atoms with Crippen LogP contribution < -0.4 is 10.5 Å². The summed E-state index contributed by atoms with van der Waals surface area (Å²) >= 11 is 5.85. The average Bonchev–Trinajstić information content (AvgIpc) is 3.04. The molecule has 3 aromatic rings. The molecule has 1 heterocycles. The maximum Gasteiger partial charge on any atom is 0.441 e. The molecule has 2 aromatic carbocycles. The van der Waals surface area contributed by atoms with Gasteiger partial charge in [-0.15, -0.1) is 0 Å². The Balaban J connectivity index is 1.51. The summed E-state index contributed by atoms with van der Waals surface area (Å²) in [4.78, 5) is 13.9. The van der Waals surface area contributed by atoms with Crippen LogP contribution in [0, 0.1) is 0 Å². The number of halogens is 1. The molecular weight excluding hydrogens is 382 g/mol. The van der Waals surface area contributed by atoms with Gasteiger partial charge in [0.1, 0.15) is 12.4 Å². The Morgan fingerprint density at radius 1 is 1.21 bits per heavy atom. The first-order valence-corrected chi connectivity index (χ1v) is 9.27. The maximum atomic E-state index is 12.0. The highest BCUT2D eigenvalue weighted by molar-refractivity contribution is 6.30. The smallest absolute Gasteiger partial charge is 0.441 e. The Morgan fingerprint density at radius 3 is 2.64 bits per heavy atom. The molecule has 0 aliphatic rings. The van der Waals surface area contributed by atoms with Gasteiger partial charge in [-0.05, 0) is 31.3 Å². The zero-order valence-electron chi connectivity index (χ0n) is 15.5. The van der Waals surface area contributed by atoms with Crippen LogP contribution in [0.25, 0.3) is 11.4 Å². The molecule has 0 radical (unpaired) electrons. The van der Waals surface area contributed by atoms with Gasteiger partial charge >= 0.3 is 5.76 Å². The van der Waals surface area contributed by atoms with Gasteiger partial charge in [-0.3, -0.25) is 9.09 Å². The Hall–Kier alpha value is -2.61. The van der Waals surface area contributed by atoms with Crippen molar-refractivity contribution in [1.29, 1.82) is 0 Å². The van der Waals surface area contributed by atoms with Crippen LogP contribution in [0.2, 0.25) is 5.02 Å². The summed E-state index contributed by atoms with van der Waals surface area (Å²) < 4.78 is 11.8. The number of hydrogen-bond donors (Lipinski definition) is 1. The second-order valence-corrected chi connectivity index (χ2v) is 6.90. The number of aromatic nitrogens is 2. The van der Waals surface area contributed by atoms with Crippen LogP contribution in [0.4, 0.5) is 0 Å². The molecule has 0 amide bonds. The van der Waals surface area contributed by atoms with Crippen LogP contribution in [-0.4, -0.2) is 52.6 Å². The van der Waals surface area contributed by atoms with Gasteiger partial charge < -0.3 is 14.7 Å². The minimum absolute atomic E-state index is 0.0922. The maximum absolute atomic E-state index is 12.0. The zero-order chi connectivity index (χ0) is 19.9. The third kappa shape index (κ3) is 5.45. The van der Waals surface area contributed by atoms with Crippen molar-refractivity contribution >= 4 is 11.6 Å². The Labute approximate surface area is 167 Å². The Bertz CT molecular complexity index is 925. The van der Waals surface area contributed by atoms with Crippen LogP contribution in [0.1, 0.15) is 0 Å². The van der Waals surface area contributed by atoms with Crippen LogP contribution in [0.3, 0.4) is 0 Å². The van der Waals surface area contributed by atoms with E-state index in [9.17, 15) is 9.90 Å². The fraction of sp³-hybridized carbons (Fsp3) is 0.300. The molecule has 3 rings (SSSR count). The van der Waals surface area contributed by atoms with Crippen molar-refractivity contribution in [2.75, 3.05) is 26.7 Å². The molecule has 0 aliphatic carbocycles. The fourth-order valence-electron chi connectivity index (χ4n) is 2.79. The third-order valence-corrected chi connectivity index (χ3v) is 4.44. The number of benzene rings is 2. The van der Waals surface area contributed by atoms with Crippen molar-refractivity contribution in [1.82, 2.24) is 14.6 Å². The highest BCUT2D eigenvalue weighted by atomic mass is 35.5. The molecule has 1 aromatic heterocycles. The highest BCUT2D eigenvalue weighted by Crippen LogP contribution is 2.16. The minimum Gasteiger partial charge on any atom is -0.492 e. The number of aliphatic hydroxyl groups excluding tert-OH is 1. The molecule has 0 fully saturated rings. The molecule has 1 atom stereocenters. The summed E-state index contributed by atoms with van der Waals surface area (Å²) in [7, 11) is 1.88. The lowest BCUT2D eigenvalue weighted by Crippen LogP contribution is -2.36. The standard InChI is InChI=1S/C20H22ClN3O4/c1-23(11-12-27-18-9-7-16(21)8-10-18)13-17(25)14-24-19(22-28-20(24)26)15-5-3-2-4-6-15/h2-10,17,25H,11-14H2,1H3. The van der Waals surface area contributed by atoms with Crippen LogP contribution >= 0.6 is 11.6 Å². The van der Waals surface area contributed by atoms with Crippen LogP contribution in [-0.2, 0) is 6.54 Å². The first-order chi connectivity index (χ1) is 13.5. The SMILES string of the molecule is CN(CCOc1ccc(Cl)cc1)CC(O)Cn1c(-c2ccccc2)noc1=O. The molecule has 7 nitrogen and oxygen atoms in total. The van der Waals surface area contributed by atoms with E-state index >= 15 is 0 Å². The summed E-state index contributed by atoms with van der Waals surface area (Å²) in [5.74, 6) is 0.548. The van der Waals surface area contributed by atoms with E-state index in [1.165, 1.54) is 4.57 Å². The lowest BCUT2D eigenvalue weighted by Gasteiger charge is -2.21. The van der Waals surface area contributed by atoms with E-state index in [1.807, 2.05) is 42.3 Å². The van der Waals surface area contributed by atoms with Gasteiger partial charge in [-0.1, -0.05) is 47.1 Å². The zero-order valence-corrected chi connectivity index (χ0v) is 16.2. The first-order valence-electron chi connectivity index (χ1n) is 8.90. The minimum atomic E-state index is -0.764. The van der Waals surface area contributed by atoms with Crippen LogP contribution in [0.15, 0.2) is 63.9 Å². The molecule has 0 saturated carbocycles. The van der Waals surface area contributed by atoms with Crippen LogP contribution in [0.5, 0.6) is 5.75 Å². The summed E-state index contributed by atoms with van der Waals surface area (Å²) in [5, 5.41) is 14.9. The largest absolute Gasteiger partial charge is 0.492 e. The number of rotatable bonds is 9. The molecule has 1 unspecified atom stereocenters. The van der Waals surface area contributed by atoms with E-state index in [0.29, 0.717) is 30.5 Å². The average molecular weight is 404 g/mol. The topological polar surface area (TPSA) is 80.7 Å². The first kappa shape index (κ1) is 20.1. The van der Waals surface area contributed by atoms with Crippen molar-refractivity contribution in [2.45, 2.75) is 12.6 Å². The molecule has 0 aliphatic heterocycles. The molecule has 0 saturated heterocycles. The van der Waals surface area contributed by atoms with Crippen molar-refractivity contribution in [2.24, 2.45) is 0 Å². The Morgan fingerprint density at radius 2 is 1.93 bits per heavy atom. The number of ether oxygens (including phenoxy) is 1. The van der Waals surface area contributed by atoms with E-state index in [-0.39, 0.29) is 6.54 Å². The number of likely N-dealkylation sites (N-methyl/N-ethyl adjacent to an activating group) is 1. The van der Waals surface area contributed by atoms with E-state index in [2.05, 4.69) is 5.16 Å². The molecule has 148 valence electrons. The Kier molecular flexibility index (Phi) is 6.86. The summed E-state index contributed by atoms with van der Waals surface area (Å²) in [6, 6.07) is 16.4. The number of aliphatic hydroxyl groups is 1. The van der Waals surface area contributed by atoms with Gasteiger partial charge in [0.25, 0.3) is 0 Å². The highest BCUT2D eigenvalue weighted by Gasteiger charge is 2.17. The van der Waals surface area contributed by atoms with Crippen molar-refractivity contribution < 1.29 is 14.4 Å². The van der Waals surface area contributed by atoms with Gasteiger partial charge in [0.15, 0.2) is 5.82 Å². The van der Waals surface area contributed by atoms with Gasteiger partial charge in [0.05, 0.1) is 12.6 Å². The number of nitrogens with zero attached hydrogens (tertiary/aromatic N) is 3. The summed E-state index contributed by atoms with van der Waals surface area (Å²) in [6.07, 6.45) is -0.764. The quantitative estimate of drug-likeness (QED) is 0.591. The van der Waals surface area contributed by atoms with Gasteiger partial charge in [-0.2, -0.15) is 0 Å². The van der Waals surface area contributed by atoms with E-state index in [4.69, 9.17) is 20.9 Å². The fourth-order valence-corrected chi connectivity index (χ4v) is 2.92. The van der Waals surface area contributed by atoms with E-state index < -0.39 is 11.9 Å². The third-order valence-electron chi connectivity index (χ3n) is 4.19. The number of hydrogen-bond acceptors (Lipinski definition) is 6. The predicted molar refractivity (Wildman–Crippen MR) is 107 cm³/mol. The normalized spacial score (nSPS) is 12.3. The van der Waals surface area contributed by atoms with E-state index in [0.717, 1.165) is 11.3 Å². The molecule has 28 heavy (non-hydrogen) atoms. The summed E-state index contributed by atoms with van der Waals surface area (Å²) in [5.41, 5.74) is 0.755. The van der Waals surface area contributed by atoms with Crippen molar-refractivity contribution in [3.8, 4) is 17.1 Å². The second kappa shape index (κ2) is 9.54. The van der Waals surface area contributed by atoms with Crippen molar-refractivity contribution in [3.63, 3.8) is 0 Å². The van der Waals surface area contributed by atoms with Gasteiger partial charge in [0.2, 0.25) is 0 Å². The van der Waals surface area contributed by atoms with E-state index in [1.54, 1.807) is 24.3 Å². The molecule has 0 bridgehead atoms. The lowest BCUT2D eigenvalue weighted by atomic mass is 10.2. The van der Waals surface area contributed by atoms with Gasteiger partial charge in [0, 0.05) is 23.7 Å². The lowest BCUT2D eigenvalue weighted by molar-refractivity contribution is 0.101. The molecule has 1 N–H and O–H groups in total.